The summed E-state index contributed by atoms with van der Waals surface area (Å²) < 4.78 is 33.4. The summed E-state index contributed by atoms with van der Waals surface area (Å²) in [5.41, 5.74) is 2.69. The van der Waals surface area contributed by atoms with Crippen molar-refractivity contribution in [2.45, 2.75) is 18.4 Å². The average molecular weight is 454 g/mol. The highest BCUT2D eigenvalue weighted by Gasteiger charge is 2.16. The van der Waals surface area contributed by atoms with Crippen LogP contribution < -0.4 is 19.7 Å². The number of rotatable bonds is 9. The molecule has 0 unspecified atom stereocenters. The molecule has 0 bridgehead atoms. The van der Waals surface area contributed by atoms with Crippen molar-refractivity contribution >= 4 is 27.3 Å². The first-order chi connectivity index (χ1) is 15.3. The highest BCUT2D eigenvalue weighted by Crippen LogP contribution is 2.20. The Morgan fingerprint density at radius 2 is 1.66 bits per heavy atom. The van der Waals surface area contributed by atoms with Crippen LogP contribution in [0.25, 0.3) is 0 Å². The van der Waals surface area contributed by atoms with Gasteiger partial charge >= 0.3 is 0 Å². The number of ether oxygens (including phenoxy) is 1. The molecule has 0 aliphatic rings. The maximum Gasteiger partial charge on any atom is 0.261 e. The van der Waals surface area contributed by atoms with Crippen molar-refractivity contribution in [1.29, 1.82) is 0 Å². The quantitative estimate of drug-likeness (QED) is 0.513. The lowest BCUT2D eigenvalue weighted by Crippen LogP contribution is -2.23. The largest absolute Gasteiger partial charge is 0.494 e. The zero-order chi connectivity index (χ0) is 23.1. The van der Waals surface area contributed by atoms with Gasteiger partial charge < -0.3 is 15.0 Å². The smallest absolute Gasteiger partial charge is 0.261 e. The van der Waals surface area contributed by atoms with Crippen LogP contribution in [0.3, 0.4) is 0 Å². The molecule has 0 radical (unpaired) electrons. The second-order valence-corrected chi connectivity index (χ2v) is 9.02. The first kappa shape index (κ1) is 23.1. The molecule has 32 heavy (non-hydrogen) atoms. The third-order valence-corrected chi connectivity index (χ3v) is 6.11. The van der Waals surface area contributed by atoms with Gasteiger partial charge in [-0.25, -0.2) is 8.42 Å². The van der Waals surface area contributed by atoms with E-state index >= 15 is 0 Å². The molecule has 0 heterocycles. The second-order valence-electron chi connectivity index (χ2n) is 7.33. The van der Waals surface area contributed by atoms with Crippen molar-refractivity contribution in [2.75, 3.05) is 30.3 Å². The molecule has 0 saturated heterocycles. The SMILES string of the molecule is CCOc1ccc(NS(=O)(=O)c2cccc(C(=O)NCc3ccc(N(C)C)cc3)c2)cc1. The fourth-order valence-electron chi connectivity index (χ4n) is 3.00. The van der Waals surface area contributed by atoms with Crippen LogP contribution in [0, 0.1) is 0 Å². The van der Waals surface area contributed by atoms with Gasteiger partial charge in [0.05, 0.1) is 11.5 Å². The fourth-order valence-corrected chi connectivity index (χ4v) is 4.10. The number of nitrogens with zero attached hydrogens (tertiary/aromatic N) is 1. The zero-order valence-corrected chi connectivity index (χ0v) is 19.1. The van der Waals surface area contributed by atoms with Gasteiger partial charge in [-0.3, -0.25) is 9.52 Å². The minimum Gasteiger partial charge on any atom is -0.494 e. The van der Waals surface area contributed by atoms with Crippen molar-refractivity contribution < 1.29 is 17.9 Å². The first-order valence-electron chi connectivity index (χ1n) is 10.2. The Morgan fingerprint density at radius 3 is 2.28 bits per heavy atom. The van der Waals surface area contributed by atoms with Crippen molar-refractivity contribution in [2.24, 2.45) is 0 Å². The molecule has 2 N–H and O–H groups in total. The molecule has 0 aliphatic carbocycles. The molecule has 3 rings (SSSR count). The summed E-state index contributed by atoms with van der Waals surface area (Å²) >= 11 is 0. The highest BCUT2D eigenvalue weighted by molar-refractivity contribution is 7.92. The van der Waals surface area contributed by atoms with Gasteiger partial charge in [0.15, 0.2) is 0 Å². The van der Waals surface area contributed by atoms with E-state index in [0.29, 0.717) is 24.6 Å². The lowest BCUT2D eigenvalue weighted by molar-refractivity contribution is 0.0950. The summed E-state index contributed by atoms with van der Waals surface area (Å²) in [6, 6.07) is 20.4. The Bertz CT molecular complexity index is 1160. The first-order valence-corrected chi connectivity index (χ1v) is 11.7. The Kier molecular flexibility index (Phi) is 7.37. The second kappa shape index (κ2) is 10.2. The molecule has 8 heteroatoms. The third-order valence-electron chi connectivity index (χ3n) is 4.73. The maximum absolute atomic E-state index is 12.8. The molecule has 0 fully saturated rings. The molecule has 0 spiro atoms. The Balaban J connectivity index is 1.67. The number of hydrogen-bond acceptors (Lipinski definition) is 5. The van der Waals surface area contributed by atoms with Crippen LogP contribution in [0.15, 0.2) is 77.7 Å². The van der Waals surface area contributed by atoms with Crippen LogP contribution in [0.4, 0.5) is 11.4 Å². The van der Waals surface area contributed by atoms with Gasteiger partial charge in [-0.05, 0) is 67.1 Å². The van der Waals surface area contributed by atoms with E-state index in [2.05, 4.69) is 10.0 Å². The van der Waals surface area contributed by atoms with Crippen molar-refractivity contribution in [3.05, 3.63) is 83.9 Å². The number of carbonyl (C=O) groups is 1. The molecule has 3 aromatic rings. The van der Waals surface area contributed by atoms with Crippen LogP contribution in [-0.4, -0.2) is 35.0 Å². The number of carbonyl (C=O) groups excluding carboxylic acids is 1. The lowest BCUT2D eigenvalue weighted by atomic mass is 10.1. The van der Waals surface area contributed by atoms with Gasteiger partial charge in [0.2, 0.25) is 0 Å². The number of benzene rings is 3. The molecular formula is C24H27N3O4S. The van der Waals surface area contributed by atoms with Crippen LogP contribution in [0.1, 0.15) is 22.8 Å². The van der Waals surface area contributed by atoms with Crippen LogP contribution in [-0.2, 0) is 16.6 Å². The average Bonchev–Trinajstić information content (AvgIpc) is 2.79. The van der Waals surface area contributed by atoms with E-state index in [1.165, 1.54) is 12.1 Å². The molecular weight excluding hydrogens is 426 g/mol. The molecule has 168 valence electrons. The monoisotopic (exact) mass is 453 g/mol. The number of sulfonamides is 1. The normalized spacial score (nSPS) is 11.0. The van der Waals surface area contributed by atoms with E-state index in [0.717, 1.165) is 11.3 Å². The topological polar surface area (TPSA) is 87.7 Å². The fraction of sp³-hybridized carbons (Fsp3) is 0.208. The van der Waals surface area contributed by atoms with Gasteiger partial charge in [0, 0.05) is 37.6 Å². The highest BCUT2D eigenvalue weighted by atomic mass is 32.2. The van der Waals surface area contributed by atoms with Crippen molar-refractivity contribution in [1.82, 2.24) is 5.32 Å². The summed E-state index contributed by atoms with van der Waals surface area (Å²) in [6.07, 6.45) is 0. The summed E-state index contributed by atoms with van der Waals surface area (Å²) in [6.45, 7) is 2.75. The summed E-state index contributed by atoms with van der Waals surface area (Å²) in [7, 11) is 0.0718. The summed E-state index contributed by atoms with van der Waals surface area (Å²) in [5.74, 6) is 0.310. The van der Waals surface area contributed by atoms with Gasteiger partial charge in [-0.1, -0.05) is 18.2 Å². The van der Waals surface area contributed by atoms with E-state index in [-0.39, 0.29) is 16.4 Å². The van der Waals surface area contributed by atoms with E-state index in [1.807, 2.05) is 50.2 Å². The molecule has 3 aromatic carbocycles. The number of hydrogen-bond donors (Lipinski definition) is 2. The van der Waals surface area contributed by atoms with Gasteiger partial charge in [0.25, 0.3) is 15.9 Å². The van der Waals surface area contributed by atoms with Gasteiger partial charge in [0.1, 0.15) is 5.75 Å². The Morgan fingerprint density at radius 1 is 0.969 bits per heavy atom. The summed E-state index contributed by atoms with van der Waals surface area (Å²) in [5, 5.41) is 2.83. The van der Waals surface area contributed by atoms with Gasteiger partial charge in [-0.2, -0.15) is 0 Å². The van der Waals surface area contributed by atoms with E-state index < -0.39 is 10.0 Å². The van der Waals surface area contributed by atoms with Gasteiger partial charge in [-0.15, -0.1) is 0 Å². The molecule has 0 aromatic heterocycles. The minimum absolute atomic E-state index is 0.00868. The third kappa shape index (κ3) is 6.01. The van der Waals surface area contributed by atoms with E-state index in [1.54, 1.807) is 36.4 Å². The Hall–Kier alpha value is -3.52. The minimum atomic E-state index is -3.85. The Labute approximate surface area is 189 Å². The molecule has 1 amide bonds. The predicted molar refractivity (Wildman–Crippen MR) is 127 cm³/mol. The zero-order valence-electron chi connectivity index (χ0n) is 18.3. The molecule has 0 aliphatic heterocycles. The van der Waals surface area contributed by atoms with Crippen molar-refractivity contribution in [3.8, 4) is 5.75 Å². The maximum atomic E-state index is 12.8. The van der Waals surface area contributed by atoms with Crippen LogP contribution in [0.5, 0.6) is 5.75 Å². The number of anilines is 2. The summed E-state index contributed by atoms with van der Waals surface area (Å²) in [4.78, 5) is 14.6. The number of nitrogens with one attached hydrogen (secondary N) is 2. The molecule has 0 atom stereocenters. The number of amides is 1. The van der Waals surface area contributed by atoms with E-state index in [4.69, 9.17) is 4.74 Å². The van der Waals surface area contributed by atoms with Crippen molar-refractivity contribution in [3.63, 3.8) is 0 Å². The molecule has 7 nitrogen and oxygen atoms in total. The standard InChI is InChI=1S/C24H27N3O4S/c1-4-31-22-14-10-20(11-15-22)26-32(29,30)23-7-5-6-19(16-23)24(28)25-17-18-8-12-21(13-9-18)27(2)3/h5-16,26H,4,17H2,1-3H3,(H,25,28). The van der Waals surface area contributed by atoms with E-state index in [9.17, 15) is 13.2 Å². The molecule has 0 saturated carbocycles. The van der Waals surface area contributed by atoms with Crippen LogP contribution >= 0.6 is 0 Å². The lowest BCUT2D eigenvalue weighted by Gasteiger charge is -2.13. The van der Waals surface area contributed by atoms with Crippen LogP contribution in [0.2, 0.25) is 0 Å². The predicted octanol–water partition coefficient (Wildman–Crippen LogP) is 3.88.